The average Bonchev–Trinajstić information content (AvgIpc) is 3.05. The number of hydrogen-bond acceptors (Lipinski definition) is 8. The average molecular weight is 615 g/mol. The van der Waals surface area contributed by atoms with Crippen LogP contribution in [-0.4, -0.2) is 70.9 Å². The van der Waals surface area contributed by atoms with Crippen LogP contribution < -0.4 is 20.1 Å². The molecule has 0 aliphatic heterocycles. The summed E-state index contributed by atoms with van der Waals surface area (Å²) in [6, 6.07) is 28.3. The van der Waals surface area contributed by atoms with Crippen molar-refractivity contribution in [3.8, 4) is 11.5 Å². The molecule has 10 heteroatoms. The molecule has 0 spiro atoms. The first-order chi connectivity index (χ1) is 21.5. The minimum atomic E-state index is -1.04. The zero-order valence-corrected chi connectivity index (χ0v) is 25.1. The first-order valence-electron chi connectivity index (χ1n) is 14.5. The molecule has 0 saturated carbocycles. The highest BCUT2D eigenvalue weighted by Crippen LogP contribution is 2.33. The molecule has 0 radical (unpaired) electrons. The zero-order chi connectivity index (χ0) is 32.4. The molecule has 0 amide bonds. The third-order valence-electron chi connectivity index (χ3n) is 7.41. The van der Waals surface area contributed by atoms with Gasteiger partial charge in [0.1, 0.15) is 36.9 Å². The van der Waals surface area contributed by atoms with Crippen molar-refractivity contribution in [1.82, 2.24) is 0 Å². The van der Waals surface area contributed by atoms with Gasteiger partial charge >= 0.3 is 11.9 Å². The monoisotopic (exact) mass is 614 g/mol. The highest BCUT2D eigenvalue weighted by Gasteiger charge is 2.23. The number of nitrogens with one attached hydrogen (secondary N) is 2. The van der Waals surface area contributed by atoms with E-state index in [1.807, 2.05) is 48.5 Å². The molecule has 2 atom stereocenters. The van der Waals surface area contributed by atoms with Crippen molar-refractivity contribution in [2.24, 2.45) is 0 Å². The van der Waals surface area contributed by atoms with E-state index in [0.29, 0.717) is 22.9 Å². The lowest BCUT2D eigenvalue weighted by Gasteiger charge is -2.26. The summed E-state index contributed by atoms with van der Waals surface area (Å²) in [4.78, 5) is 22.7. The second-order valence-electron chi connectivity index (χ2n) is 11.1. The molecular weight excluding hydrogens is 576 g/mol. The highest BCUT2D eigenvalue weighted by atomic mass is 16.5. The van der Waals surface area contributed by atoms with E-state index in [4.69, 9.17) is 9.47 Å². The van der Waals surface area contributed by atoms with Gasteiger partial charge in [-0.05, 0) is 59.7 Å². The fourth-order valence-corrected chi connectivity index (χ4v) is 4.71. The van der Waals surface area contributed by atoms with E-state index < -0.39 is 24.1 Å². The predicted molar refractivity (Wildman–Crippen MR) is 172 cm³/mol. The number of anilines is 2. The maximum absolute atomic E-state index is 11.4. The Balaban J connectivity index is 1.25. The van der Waals surface area contributed by atoms with Crippen LogP contribution in [0.5, 0.6) is 11.5 Å². The van der Waals surface area contributed by atoms with E-state index >= 15 is 0 Å². The molecule has 6 N–H and O–H groups in total. The number of carboxylic acid groups (broad SMARTS) is 2. The van der Waals surface area contributed by atoms with Crippen molar-refractivity contribution in [3.05, 3.63) is 119 Å². The minimum Gasteiger partial charge on any atom is -0.491 e. The Bertz CT molecular complexity index is 1450. The summed E-state index contributed by atoms with van der Waals surface area (Å²) < 4.78 is 11.5. The Morgan fingerprint density at radius 3 is 1.33 bits per heavy atom. The molecule has 0 aromatic heterocycles. The number of para-hydroxylation sites is 2. The Kier molecular flexibility index (Phi) is 11.0. The number of carboxylic acids is 2. The zero-order valence-electron chi connectivity index (χ0n) is 25.1. The van der Waals surface area contributed by atoms with Crippen LogP contribution in [0.2, 0.25) is 0 Å². The van der Waals surface area contributed by atoms with Crippen LogP contribution in [0, 0.1) is 0 Å². The van der Waals surface area contributed by atoms with Crippen molar-refractivity contribution in [2.45, 2.75) is 31.5 Å². The van der Waals surface area contributed by atoms with Crippen molar-refractivity contribution in [2.75, 3.05) is 36.9 Å². The molecule has 4 aromatic carbocycles. The lowest BCUT2D eigenvalue weighted by molar-refractivity contribution is 0.0686. The van der Waals surface area contributed by atoms with Gasteiger partial charge in [-0.2, -0.15) is 0 Å². The summed E-state index contributed by atoms with van der Waals surface area (Å²) in [5, 5.41) is 45.2. The van der Waals surface area contributed by atoms with Crippen LogP contribution in [0.4, 0.5) is 11.4 Å². The van der Waals surface area contributed by atoms with Gasteiger partial charge in [0.15, 0.2) is 0 Å². The van der Waals surface area contributed by atoms with Crippen molar-refractivity contribution in [1.29, 1.82) is 0 Å². The number of ether oxygens (including phenoxy) is 2. The van der Waals surface area contributed by atoms with E-state index in [0.717, 1.165) is 11.1 Å². The molecule has 4 rings (SSSR count). The van der Waals surface area contributed by atoms with E-state index in [9.17, 15) is 30.0 Å². The summed E-state index contributed by atoms with van der Waals surface area (Å²) in [6.07, 6.45) is -1.70. The van der Waals surface area contributed by atoms with Crippen LogP contribution in [0.3, 0.4) is 0 Å². The Morgan fingerprint density at radius 1 is 0.622 bits per heavy atom. The van der Waals surface area contributed by atoms with Gasteiger partial charge in [-0.1, -0.05) is 62.4 Å². The van der Waals surface area contributed by atoms with Gasteiger partial charge in [0, 0.05) is 29.9 Å². The first-order valence-corrected chi connectivity index (χ1v) is 14.5. The number of carbonyl (C=O) groups is 2. The number of aliphatic hydroxyl groups is 2. The summed E-state index contributed by atoms with van der Waals surface area (Å²) in [5.41, 5.74) is 2.91. The number of aromatic carboxylic acids is 2. The smallest absolute Gasteiger partial charge is 0.337 e. The molecule has 4 aromatic rings. The summed E-state index contributed by atoms with van der Waals surface area (Å²) >= 11 is 0. The van der Waals surface area contributed by atoms with Crippen LogP contribution in [-0.2, 0) is 5.41 Å². The molecule has 45 heavy (non-hydrogen) atoms. The van der Waals surface area contributed by atoms with Crippen molar-refractivity contribution < 1.29 is 39.5 Å². The van der Waals surface area contributed by atoms with Gasteiger partial charge in [0.2, 0.25) is 0 Å². The third kappa shape index (κ3) is 8.98. The molecule has 0 unspecified atom stereocenters. The second-order valence-corrected chi connectivity index (χ2v) is 11.1. The van der Waals surface area contributed by atoms with Gasteiger partial charge in [0.05, 0.1) is 11.1 Å². The molecule has 0 bridgehead atoms. The molecule has 0 fully saturated rings. The van der Waals surface area contributed by atoms with Crippen LogP contribution in [0.1, 0.15) is 45.7 Å². The third-order valence-corrected chi connectivity index (χ3v) is 7.41. The quantitative estimate of drug-likeness (QED) is 0.100. The predicted octanol–water partition coefficient (Wildman–Crippen LogP) is 5.11. The van der Waals surface area contributed by atoms with Crippen molar-refractivity contribution in [3.63, 3.8) is 0 Å². The largest absolute Gasteiger partial charge is 0.491 e. The van der Waals surface area contributed by atoms with Gasteiger partial charge in [-0.3, -0.25) is 0 Å². The lowest BCUT2D eigenvalue weighted by atomic mass is 9.78. The lowest BCUT2D eigenvalue weighted by Crippen LogP contribution is -2.27. The van der Waals surface area contributed by atoms with E-state index in [1.54, 1.807) is 36.4 Å². The topological polar surface area (TPSA) is 158 Å². The van der Waals surface area contributed by atoms with Crippen molar-refractivity contribution >= 4 is 23.3 Å². The highest BCUT2D eigenvalue weighted by molar-refractivity contribution is 5.94. The normalized spacial score (nSPS) is 12.5. The Hall–Kier alpha value is -5.06. The Morgan fingerprint density at radius 2 is 0.978 bits per heavy atom. The maximum Gasteiger partial charge on any atom is 0.337 e. The number of aliphatic hydroxyl groups excluding tert-OH is 2. The summed E-state index contributed by atoms with van der Waals surface area (Å²) in [5.74, 6) is -0.885. The van der Waals surface area contributed by atoms with E-state index in [2.05, 4.69) is 24.5 Å². The number of hydrogen-bond donors (Lipinski definition) is 6. The fraction of sp³-hybridized carbons (Fsp3) is 0.257. The molecule has 0 aliphatic rings. The van der Waals surface area contributed by atoms with E-state index in [1.165, 1.54) is 12.1 Å². The van der Waals surface area contributed by atoms with Gasteiger partial charge in [-0.15, -0.1) is 0 Å². The molecule has 0 aliphatic carbocycles. The molecule has 236 valence electrons. The molecule has 0 saturated heterocycles. The SMILES string of the molecule is CC(C)(c1ccc(OC[C@H](O)CNc2ccccc2C(=O)O)cc1)c1ccc(OC[C@H](O)CNc2ccccc2C(=O)O)cc1. The minimum absolute atomic E-state index is 0.0346. The Labute approximate surface area is 261 Å². The molecule has 0 heterocycles. The van der Waals surface area contributed by atoms with E-state index in [-0.39, 0.29) is 42.8 Å². The first kappa shape index (κ1) is 32.8. The summed E-state index contributed by atoms with van der Waals surface area (Å²) in [6.45, 7) is 4.54. The fourth-order valence-electron chi connectivity index (χ4n) is 4.71. The van der Waals surface area contributed by atoms with Gasteiger partial charge in [0.25, 0.3) is 0 Å². The second kappa shape index (κ2) is 15.1. The standard InChI is InChI=1S/C35H38N2O8/c1-35(2,23-11-15-27(16-12-23)44-21-25(38)19-36-31-9-5-3-7-29(31)33(40)41)24-13-17-28(18-14-24)45-22-26(39)20-37-32-10-6-4-8-30(32)34(42)43/h3-18,25-26,36-39H,19-22H2,1-2H3,(H,40,41)(H,42,43)/t25-,26-/m1/s1. The van der Waals surface area contributed by atoms with Crippen LogP contribution in [0.15, 0.2) is 97.1 Å². The van der Waals surface area contributed by atoms with Crippen LogP contribution >= 0.6 is 0 Å². The van der Waals surface area contributed by atoms with Gasteiger partial charge in [-0.25, -0.2) is 9.59 Å². The molecule has 10 nitrogen and oxygen atoms in total. The number of rotatable bonds is 16. The molecular formula is C35H38N2O8. The maximum atomic E-state index is 11.4. The summed E-state index contributed by atoms with van der Waals surface area (Å²) in [7, 11) is 0. The van der Waals surface area contributed by atoms with Gasteiger partial charge < -0.3 is 40.5 Å². The van der Waals surface area contributed by atoms with Crippen LogP contribution in [0.25, 0.3) is 0 Å². The number of benzene rings is 4.